The van der Waals surface area contributed by atoms with Crippen molar-refractivity contribution in [2.24, 2.45) is 0 Å². The summed E-state index contributed by atoms with van der Waals surface area (Å²) in [6.07, 6.45) is 0.777. The summed E-state index contributed by atoms with van der Waals surface area (Å²) in [6, 6.07) is 5.99. The summed E-state index contributed by atoms with van der Waals surface area (Å²) < 4.78 is 15.1. The summed E-state index contributed by atoms with van der Waals surface area (Å²) in [4.78, 5) is 12.0. The maximum absolute atomic E-state index is 13.8. The lowest BCUT2D eigenvalue weighted by Gasteiger charge is -2.17. The molecule has 1 aliphatic heterocycles. The van der Waals surface area contributed by atoms with Gasteiger partial charge in [-0.3, -0.25) is 4.79 Å². The Morgan fingerprint density at radius 1 is 1.40 bits per heavy atom. The maximum Gasteiger partial charge on any atom is 0.267 e. The Balaban J connectivity index is 1.96. The molecular weight excluding hydrogens is 281 g/mol. The molecule has 0 bridgehead atoms. The zero-order chi connectivity index (χ0) is 14.1. The van der Waals surface area contributed by atoms with Crippen molar-refractivity contribution in [2.75, 3.05) is 6.54 Å². The minimum Gasteiger partial charge on any atom is -0.312 e. The first-order chi connectivity index (χ1) is 9.63. The fourth-order valence-electron chi connectivity index (χ4n) is 2.28. The lowest BCUT2D eigenvalue weighted by Crippen LogP contribution is -2.32. The summed E-state index contributed by atoms with van der Waals surface area (Å²) in [5.41, 5.74) is 2.01. The van der Waals surface area contributed by atoms with Crippen molar-refractivity contribution in [3.63, 3.8) is 0 Å². The second-order valence-corrected chi connectivity index (χ2v) is 5.21. The van der Waals surface area contributed by atoms with Gasteiger partial charge in [-0.05, 0) is 17.7 Å². The lowest BCUT2D eigenvalue weighted by atomic mass is 10.1. The minimum atomic E-state index is -0.425. The molecule has 2 aromatic rings. The van der Waals surface area contributed by atoms with Crippen LogP contribution in [0, 0.1) is 5.82 Å². The number of aromatic nitrogens is 2. The molecular formula is C14H13ClFN3O. The summed E-state index contributed by atoms with van der Waals surface area (Å²) in [6.45, 7) is 1.61. The smallest absolute Gasteiger partial charge is 0.267 e. The third kappa shape index (κ3) is 2.59. The molecule has 2 heterocycles. The number of hydrogen-bond acceptors (Lipinski definition) is 3. The van der Waals surface area contributed by atoms with Crippen molar-refractivity contribution in [1.82, 2.24) is 15.1 Å². The van der Waals surface area contributed by atoms with E-state index in [4.69, 9.17) is 11.6 Å². The molecule has 0 fully saturated rings. The summed E-state index contributed by atoms with van der Waals surface area (Å²) in [5.74, 6) is -0.425. The third-order valence-electron chi connectivity index (χ3n) is 3.35. The number of hydrogen-bond donors (Lipinski definition) is 1. The van der Waals surface area contributed by atoms with Crippen LogP contribution >= 0.6 is 11.6 Å². The predicted molar refractivity (Wildman–Crippen MR) is 74.4 cm³/mol. The first-order valence-electron chi connectivity index (χ1n) is 6.38. The first-order valence-corrected chi connectivity index (χ1v) is 6.76. The van der Waals surface area contributed by atoms with Crippen LogP contribution in [-0.2, 0) is 19.5 Å². The Morgan fingerprint density at radius 2 is 2.25 bits per heavy atom. The van der Waals surface area contributed by atoms with Crippen LogP contribution in [0.25, 0.3) is 0 Å². The monoisotopic (exact) mass is 293 g/mol. The second-order valence-electron chi connectivity index (χ2n) is 4.77. The molecule has 0 radical (unpaired) electrons. The molecule has 0 saturated carbocycles. The quantitative estimate of drug-likeness (QED) is 0.917. The Morgan fingerprint density at radius 3 is 3.05 bits per heavy atom. The number of rotatable bonds is 2. The van der Waals surface area contributed by atoms with Gasteiger partial charge in [-0.1, -0.05) is 17.7 Å². The van der Waals surface area contributed by atoms with Crippen LogP contribution < -0.4 is 10.9 Å². The van der Waals surface area contributed by atoms with Crippen molar-refractivity contribution in [3.8, 4) is 0 Å². The zero-order valence-electron chi connectivity index (χ0n) is 10.7. The highest BCUT2D eigenvalue weighted by molar-refractivity contribution is 6.30. The van der Waals surface area contributed by atoms with Crippen LogP contribution in [-0.4, -0.2) is 16.3 Å². The van der Waals surface area contributed by atoms with Gasteiger partial charge in [-0.2, -0.15) is 5.10 Å². The van der Waals surface area contributed by atoms with Gasteiger partial charge in [0.05, 0.1) is 12.2 Å². The van der Waals surface area contributed by atoms with Gasteiger partial charge in [-0.25, -0.2) is 9.07 Å². The average Bonchev–Trinajstić information content (AvgIpc) is 2.42. The Labute approximate surface area is 120 Å². The summed E-state index contributed by atoms with van der Waals surface area (Å²) in [5, 5.41) is 7.86. The van der Waals surface area contributed by atoms with Gasteiger partial charge in [0.25, 0.3) is 5.56 Å². The van der Waals surface area contributed by atoms with Crippen LogP contribution in [0.1, 0.15) is 16.8 Å². The van der Waals surface area contributed by atoms with Gasteiger partial charge < -0.3 is 5.32 Å². The molecule has 0 aliphatic carbocycles. The number of nitrogens with one attached hydrogen (secondary N) is 1. The van der Waals surface area contributed by atoms with Crippen molar-refractivity contribution >= 4 is 11.6 Å². The highest BCUT2D eigenvalue weighted by Gasteiger charge is 2.13. The van der Waals surface area contributed by atoms with Gasteiger partial charge in [0.15, 0.2) is 0 Å². The van der Waals surface area contributed by atoms with E-state index in [0.29, 0.717) is 17.1 Å². The van der Waals surface area contributed by atoms with Crippen molar-refractivity contribution in [1.29, 1.82) is 0 Å². The van der Waals surface area contributed by atoms with E-state index >= 15 is 0 Å². The third-order valence-corrected chi connectivity index (χ3v) is 3.59. The first kappa shape index (κ1) is 13.3. The van der Waals surface area contributed by atoms with E-state index < -0.39 is 5.82 Å². The van der Waals surface area contributed by atoms with E-state index in [1.54, 1.807) is 18.2 Å². The van der Waals surface area contributed by atoms with Gasteiger partial charge in [0.2, 0.25) is 0 Å². The molecule has 0 saturated heterocycles. The largest absolute Gasteiger partial charge is 0.312 e. The molecule has 0 unspecified atom stereocenters. The van der Waals surface area contributed by atoms with Crippen LogP contribution in [0.2, 0.25) is 5.02 Å². The Bertz CT molecular complexity index is 714. The number of fused-ring (bicyclic) bond motifs is 1. The van der Waals surface area contributed by atoms with Crippen molar-refractivity contribution in [2.45, 2.75) is 19.5 Å². The summed E-state index contributed by atoms with van der Waals surface area (Å²) in [7, 11) is 0. The van der Waals surface area contributed by atoms with Crippen LogP contribution in [0.5, 0.6) is 0 Å². The lowest BCUT2D eigenvalue weighted by molar-refractivity contribution is 0.543. The van der Waals surface area contributed by atoms with E-state index in [0.717, 1.165) is 24.2 Å². The molecule has 0 atom stereocenters. The molecule has 0 amide bonds. The molecule has 20 heavy (non-hydrogen) atoms. The van der Waals surface area contributed by atoms with Crippen LogP contribution in [0.15, 0.2) is 29.1 Å². The maximum atomic E-state index is 13.8. The standard InChI is InChI=1S/C14H13ClFN3O/c15-11-2-1-9(12(16)6-11)8-19-14(20)5-10-7-17-4-3-13(10)18-19/h1-2,5-6,17H,3-4,7-8H2. The normalized spacial score (nSPS) is 14.1. The molecule has 1 N–H and O–H groups in total. The van der Waals surface area contributed by atoms with Crippen molar-refractivity contribution in [3.05, 3.63) is 62.3 Å². The molecule has 6 heteroatoms. The summed E-state index contributed by atoms with van der Waals surface area (Å²) >= 11 is 5.71. The fourth-order valence-corrected chi connectivity index (χ4v) is 2.44. The Kier molecular flexibility index (Phi) is 3.54. The van der Waals surface area contributed by atoms with E-state index in [9.17, 15) is 9.18 Å². The molecule has 1 aromatic carbocycles. The second kappa shape index (κ2) is 5.34. The molecule has 0 spiro atoms. The van der Waals surface area contributed by atoms with Gasteiger partial charge in [-0.15, -0.1) is 0 Å². The predicted octanol–water partition coefficient (Wildman–Crippen LogP) is 1.73. The van der Waals surface area contributed by atoms with E-state index in [2.05, 4.69) is 10.4 Å². The van der Waals surface area contributed by atoms with Gasteiger partial charge >= 0.3 is 0 Å². The highest BCUT2D eigenvalue weighted by atomic mass is 35.5. The van der Waals surface area contributed by atoms with E-state index in [1.807, 2.05) is 0 Å². The topological polar surface area (TPSA) is 46.9 Å². The fraction of sp³-hybridized carbons (Fsp3) is 0.286. The minimum absolute atomic E-state index is 0.114. The molecule has 1 aromatic heterocycles. The number of benzene rings is 1. The number of halogens is 2. The molecule has 104 valence electrons. The molecule has 3 rings (SSSR count). The SMILES string of the molecule is O=c1cc2c(nn1Cc1ccc(Cl)cc1F)CCNC2. The van der Waals surface area contributed by atoms with E-state index in [1.165, 1.54) is 10.7 Å². The van der Waals surface area contributed by atoms with Crippen molar-refractivity contribution < 1.29 is 4.39 Å². The molecule has 4 nitrogen and oxygen atoms in total. The molecule has 1 aliphatic rings. The zero-order valence-corrected chi connectivity index (χ0v) is 11.5. The highest BCUT2D eigenvalue weighted by Crippen LogP contribution is 2.15. The Hall–Kier alpha value is -1.72. The van der Waals surface area contributed by atoms with Gasteiger partial charge in [0, 0.05) is 36.2 Å². The number of nitrogens with zero attached hydrogens (tertiary/aromatic N) is 2. The van der Waals surface area contributed by atoms with Gasteiger partial charge in [0.1, 0.15) is 5.82 Å². The van der Waals surface area contributed by atoms with E-state index in [-0.39, 0.29) is 12.1 Å². The average molecular weight is 294 g/mol. The van der Waals surface area contributed by atoms with Crippen LogP contribution in [0.3, 0.4) is 0 Å². The van der Waals surface area contributed by atoms with Crippen LogP contribution in [0.4, 0.5) is 4.39 Å².